The molecule has 0 aliphatic carbocycles. The molecule has 0 aromatic heterocycles. The highest BCUT2D eigenvalue weighted by molar-refractivity contribution is 5.84. The first-order valence-electron chi connectivity index (χ1n) is 7.46. The Morgan fingerprint density at radius 3 is 2.39 bits per heavy atom. The van der Waals surface area contributed by atoms with Gasteiger partial charge in [-0.3, -0.25) is 4.79 Å². The number of para-hydroxylation sites is 1. The largest absolute Gasteiger partial charge is 0.496 e. The number of methoxy groups -OCH3 is 1. The molecule has 0 saturated heterocycles. The van der Waals surface area contributed by atoms with Gasteiger partial charge in [-0.1, -0.05) is 18.2 Å². The van der Waals surface area contributed by atoms with Crippen molar-refractivity contribution in [3.05, 3.63) is 59.9 Å². The predicted molar refractivity (Wildman–Crippen MR) is 89.0 cm³/mol. The number of halogens is 1. The number of nitrogens with one attached hydrogen (secondary N) is 2. The molecule has 5 heteroatoms. The molecule has 0 fully saturated rings. The molecule has 4 nitrogen and oxygen atoms in total. The lowest BCUT2D eigenvalue weighted by Crippen LogP contribution is -2.38. The zero-order valence-corrected chi connectivity index (χ0v) is 13.5. The Labute approximate surface area is 135 Å². The first kappa shape index (κ1) is 16.8. The highest BCUT2D eigenvalue weighted by Crippen LogP contribution is 2.24. The van der Waals surface area contributed by atoms with Gasteiger partial charge in [0.1, 0.15) is 17.6 Å². The van der Waals surface area contributed by atoms with Gasteiger partial charge in [-0.2, -0.15) is 0 Å². The third-order valence-corrected chi connectivity index (χ3v) is 3.58. The van der Waals surface area contributed by atoms with Gasteiger partial charge in [-0.25, -0.2) is 4.39 Å². The third kappa shape index (κ3) is 4.45. The van der Waals surface area contributed by atoms with Crippen LogP contribution < -0.4 is 15.4 Å². The van der Waals surface area contributed by atoms with Crippen LogP contribution in [0.1, 0.15) is 25.5 Å². The van der Waals surface area contributed by atoms with Gasteiger partial charge >= 0.3 is 0 Å². The molecular weight excluding hydrogens is 295 g/mol. The number of hydrogen-bond donors (Lipinski definition) is 2. The van der Waals surface area contributed by atoms with E-state index in [1.165, 1.54) is 12.1 Å². The normalized spacial score (nSPS) is 13.0. The van der Waals surface area contributed by atoms with Gasteiger partial charge in [0.2, 0.25) is 5.91 Å². The third-order valence-electron chi connectivity index (χ3n) is 3.58. The van der Waals surface area contributed by atoms with Gasteiger partial charge in [0.05, 0.1) is 13.2 Å². The summed E-state index contributed by atoms with van der Waals surface area (Å²) in [5.74, 6) is 0.282. The minimum Gasteiger partial charge on any atom is -0.496 e. The van der Waals surface area contributed by atoms with Crippen LogP contribution in [0.3, 0.4) is 0 Å². The molecule has 0 aliphatic rings. The molecule has 1 amide bonds. The number of amides is 1. The molecule has 2 atom stereocenters. The topological polar surface area (TPSA) is 50.4 Å². The number of hydrogen-bond acceptors (Lipinski definition) is 3. The van der Waals surface area contributed by atoms with Crippen molar-refractivity contribution in [3.8, 4) is 5.75 Å². The molecule has 23 heavy (non-hydrogen) atoms. The van der Waals surface area contributed by atoms with Crippen LogP contribution in [-0.4, -0.2) is 19.1 Å². The molecule has 2 aromatic rings. The summed E-state index contributed by atoms with van der Waals surface area (Å²) < 4.78 is 18.2. The van der Waals surface area contributed by atoms with Crippen LogP contribution >= 0.6 is 0 Å². The maximum atomic E-state index is 12.9. The van der Waals surface area contributed by atoms with Crippen molar-refractivity contribution in [2.45, 2.75) is 25.9 Å². The molecule has 2 rings (SSSR count). The van der Waals surface area contributed by atoms with Crippen molar-refractivity contribution in [1.29, 1.82) is 0 Å². The summed E-state index contributed by atoms with van der Waals surface area (Å²) >= 11 is 0. The number of anilines is 1. The van der Waals surface area contributed by atoms with E-state index in [4.69, 9.17) is 4.74 Å². The number of ether oxygens (including phenoxy) is 1. The van der Waals surface area contributed by atoms with Crippen molar-refractivity contribution in [2.24, 2.45) is 0 Å². The Bertz CT molecular complexity index is 658. The minimum atomic E-state index is -0.447. The molecule has 0 saturated carbocycles. The Hall–Kier alpha value is -2.56. The van der Waals surface area contributed by atoms with E-state index < -0.39 is 6.04 Å². The van der Waals surface area contributed by atoms with Crippen molar-refractivity contribution in [3.63, 3.8) is 0 Å². The van der Waals surface area contributed by atoms with E-state index in [1.54, 1.807) is 26.2 Å². The highest BCUT2D eigenvalue weighted by Gasteiger charge is 2.18. The first-order chi connectivity index (χ1) is 11.0. The minimum absolute atomic E-state index is 0.146. The van der Waals surface area contributed by atoms with E-state index in [0.29, 0.717) is 5.69 Å². The summed E-state index contributed by atoms with van der Waals surface area (Å²) in [5, 5.41) is 5.99. The summed E-state index contributed by atoms with van der Waals surface area (Å²) in [7, 11) is 1.60. The van der Waals surface area contributed by atoms with Gasteiger partial charge in [0, 0.05) is 11.3 Å². The van der Waals surface area contributed by atoms with Gasteiger partial charge in [-0.05, 0) is 44.2 Å². The van der Waals surface area contributed by atoms with Gasteiger partial charge in [-0.15, -0.1) is 0 Å². The zero-order chi connectivity index (χ0) is 16.8. The molecule has 2 N–H and O–H groups in total. The predicted octanol–water partition coefficient (Wildman–Crippen LogP) is 3.51. The Balaban J connectivity index is 1.98. The molecule has 0 heterocycles. The average molecular weight is 316 g/mol. The van der Waals surface area contributed by atoms with Crippen LogP contribution in [0.5, 0.6) is 5.75 Å². The standard InChI is InChI=1S/C18H21FN2O2/c1-12(16-6-4-5-7-17(16)23-3)21-18(22)13(2)20-15-10-8-14(19)9-11-15/h4-13,20H,1-3H3,(H,21,22). The number of carbonyl (C=O) groups excluding carboxylic acids is 1. The molecule has 0 spiro atoms. The fourth-order valence-electron chi connectivity index (χ4n) is 2.30. The lowest BCUT2D eigenvalue weighted by Gasteiger charge is -2.21. The van der Waals surface area contributed by atoms with Crippen LogP contribution in [0.2, 0.25) is 0 Å². The van der Waals surface area contributed by atoms with Crippen LogP contribution in [0.15, 0.2) is 48.5 Å². The highest BCUT2D eigenvalue weighted by atomic mass is 19.1. The molecular formula is C18H21FN2O2. The molecule has 2 aromatic carbocycles. The lowest BCUT2D eigenvalue weighted by atomic mass is 10.1. The van der Waals surface area contributed by atoms with E-state index in [9.17, 15) is 9.18 Å². The van der Waals surface area contributed by atoms with E-state index >= 15 is 0 Å². The Morgan fingerprint density at radius 2 is 1.74 bits per heavy atom. The van der Waals surface area contributed by atoms with Crippen LogP contribution in [-0.2, 0) is 4.79 Å². The average Bonchev–Trinajstić information content (AvgIpc) is 2.56. The summed E-state index contributed by atoms with van der Waals surface area (Å²) in [4.78, 5) is 12.3. The molecule has 0 bridgehead atoms. The summed E-state index contributed by atoms with van der Waals surface area (Å²) in [5.41, 5.74) is 1.61. The number of rotatable bonds is 6. The fraction of sp³-hybridized carbons (Fsp3) is 0.278. The van der Waals surface area contributed by atoms with Crippen LogP contribution in [0.4, 0.5) is 10.1 Å². The van der Waals surface area contributed by atoms with E-state index in [0.717, 1.165) is 11.3 Å². The maximum Gasteiger partial charge on any atom is 0.242 e. The molecule has 122 valence electrons. The summed E-state index contributed by atoms with van der Waals surface area (Å²) in [6.07, 6.45) is 0. The monoisotopic (exact) mass is 316 g/mol. The Morgan fingerprint density at radius 1 is 1.09 bits per heavy atom. The second kappa shape index (κ2) is 7.63. The van der Waals surface area contributed by atoms with Gasteiger partial charge in [0.15, 0.2) is 0 Å². The molecule has 0 radical (unpaired) electrons. The SMILES string of the molecule is COc1ccccc1C(C)NC(=O)C(C)Nc1ccc(F)cc1. The van der Waals surface area contributed by atoms with E-state index in [-0.39, 0.29) is 17.8 Å². The van der Waals surface area contributed by atoms with Crippen molar-refractivity contribution >= 4 is 11.6 Å². The maximum absolute atomic E-state index is 12.9. The summed E-state index contributed by atoms with van der Waals surface area (Å²) in [6, 6.07) is 12.8. The van der Waals surface area contributed by atoms with Crippen molar-refractivity contribution < 1.29 is 13.9 Å². The quantitative estimate of drug-likeness (QED) is 0.857. The number of benzene rings is 2. The first-order valence-corrected chi connectivity index (χ1v) is 7.46. The zero-order valence-electron chi connectivity index (χ0n) is 13.5. The lowest BCUT2D eigenvalue weighted by molar-refractivity contribution is -0.122. The van der Waals surface area contributed by atoms with Crippen LogP contribution in [0.25, 0.3) is 0 Å². The molecule has 2 unspecified atom stereocenters. The van der Waals surface area contributed by atoms with Crippen molar-refractivity contribution in [1.82, 2.24) is 5.32 Å². The fourth-order valence-corrected chi connectivity index (χ4v) is 2.30. The molecule has 0 aliphatic heterocycles. The second-order valence-electron chi connectivity index (χ2n) is 5.35. The van der Waals surface area contributed by atoms with Crippen LogP contribution in [0, 0.1) is 5.82 Å². The second-order valence-corrected chi connectivity index (χ2v) is 5.35. The summed E-state index contributed by atoms with van der Waals surface area (Å²) in [6.45, 7) is 3.66. The van der Waals surface area contributed by atoms with Gasteiger partial charge < -0.3 is 15.4 Å². The Kier molecular flexibility index (Phi) is 5.57. The van der Waals surface area contributed by atoms with Crippen molar-refractivity contribution in [2.75, 3.05) is 12.4 Å². The smallest absolute Gasteiger partial charge is 0.242 e. The van der Waals surface area contributed by atoms with Gasteiger partial charge in [0.25, 0.3) is 0 Å². The van der Waals surface area contributed by atoms with E-state index in [2.05, 4.69) is 10.6 Å². The van der Waals surface area contributed by atoms with E-state index in [1.807, 2.05) is 31.2 Å². The number of carbonyl (C=O) groups is 1.